The molecule has 2 saturated carbocycles. The lowest BCUT2D eigenvalue weighted by molar-refractivity contribution is 0.0596. The monoisotopic (exact) mass is 392 g/mol. The van der Waals surface area contributed by atoms with Gasteiger partial charge in [-0.2, -0.15) is 0 Å². The number of fused-ring (bicyclic) bond motifs is 1. The summed E-state index contributed by atoms with van der Waals surface area (Å²) in [6.45, 7) is 9.10. The zero-order valence-corrected chi connectivity index (χ0v) is 18.7. The van der Waals surface area contributed by atoms with Gasteiger partial charge in [-0.15, -0.1) is 0 Å². The molecule has 0 radical (unpaired) electrons. The van der Waals surface area contributed by atoms with Crippen LogP contribution >= 0.6 is 0 Å². The van der Waals surface area contributed by atoms with Crippen LogP contribution in [0.5, 0.6) is 0 Å². The molecule has 0 saturated heterocycles. The molecular weight excluding hydrogens is 348 g/mol. The SMILES string of the molecule is C[C@H](CCCC(C)(C)O)C1CCC2C(=CC=C(CCO)CCO)CCC[C@@]21C. The Morgan fingerprint density at radius 3 is 2.50 bits per heavy atom. The van der Waals surface area contributed by atoms with E-state index in [9.17, 15) is 15.3 Å². The number of aliphatic hydroxyl groups is 3. The van der Waals surface area contributed by atoms with Gasteiger partial charge in [0.2, 0.25) is 0 Å². The molecule has 28 heavy (non-hydrogen) atoms. The molecule has 2 unspecified atom stereocenters. The van der Waals surface area contributed by atoms with Gasteiger partial charge in [-0.05, 0) is 88.4 Å². The van der Waals surface area contributed by atoms with Gasteiger partial charge in [0, 0.05) is 13.2 Å². The first-order valence-electron chi connectivity index (χ1n) is 11.5. The van der Waals surface area contributed by atoms with Crippen molar-refractivity contribution >= 4 is 0 Å². The highest BCUT2D eigenvalue weighted by molar-refractivity contribution is 5.25. The van der Waals surface area contributed by atoms with E-state index in [1.807, 2.05) is 13.8 Å². The predicted molar refractivity (Wildman–Crippen MR) is 117 cm³/mol. The molecule has 2 rings (SSSR count). The van der Waals surface area contributed by atoms with Crippen molar-refractivity contribution in [2.45, 2.75) is 97.5 Å². The average molecular weight is 393 g/mol. The molecule has 162 valence electrons. The highest BCUT2D eigenvalue weighted by atomic mass is 16.3. The summed E-state index contributed by atoms with van der Waals surface area (Å²) in [6.07, 6.45) is 15.5. The molecule has 0 aliphatic heterocycles. The fourth-order valence-electron chi connectivity index (χ4n) is 6.08. The van der Waals surface area contributed by atoms with Crippen molar-refractivity contribution in [3.8, 4) is 0 Å². The number of hydrogen-bond acceptors (Lipinski definition) is 3. The Bertz CT molecular complexity index is 534. The van der Waals surface area contributed by atoms with E-state index < -0.39 is 5.60 Å². The van der Waals surface area contributed by atoms with Gasteiger partial charge in [0.15, 0.2) is 0 Å². The average Bonchev–Trinajstić information content (AvgIpc) is 2.96. The molecule has 3 heteroatoms. The highest BCUT2D eigenvalue weighted by Gasteiger charge is 2.50. The topological polar surface area (TPSA) is 60.7 Å². The summed E-state index contributed by atoms with van der Waals surface area (Å²) in [5.74, 6) is 2.18. The molecule has 2 aliphatic carbocycles. The van der Waals surface area contributed by atoms with Crippen molar-refractivity contribution in [2.75, 3.05) is 13.2 Å². The zero-order chi connectivity index (χ0) is 20.8. The second-order valence-corrected chi connectivity index (χ2v) is 10.3. The van der Waals surface area contributed by atoms with Gasteiger partial charge >= 0.3 is 0 Å². The number of rotatable bonds is 10. The third-order valence-electron chi connectivity index (χ3n) is 7.57. The first-order chi connectivity index (χ1) is 13.2. The fraction of sp³-hybridized carbons (Fsp3) is 0.840. The van der Waals surface area contributed by atoms with Crippen LogP contribution in [0, 0.1) is 23.2 Å². The van der Waals surface area contributed by atoms with Crippen LogP contribution in [0.25, 0.3) is 0 Å². The molecule has 0 aromatic carbocycles. The Morgan fingerprint density at radius 2 is 1.89 bits per heavy atom. The van der Waals surface area contributed by atoms with E-state index in [-0.39, 0.29) is 13.2 Å². The van der Waals surface area contributed by atoms with E-state index >= 15 is 0 Å². The normalized spacial score (nSPS) is 30.3. The van der Waals surface area contributed by atoms with Crippen molar-refractivity contribution in [3.05, 3.63) is 23.3 Å². The Hall–Kier alpha value is -0.640. The van der Waals surface area contributed by atoms with Crippen molar-refractivity contribution in [3.63, 3.8) is 0 Å². The number of allylic oxidation sites excluding steroid dienone is 3. The Morgan fingerprint density at radius 1 is 1.21 bits per heavy atom. The molecule has 3 N–H and O–H groups in total. The van der Waals surface area contributed by atoms with Crippen molar-refractivity contribution in [1.29, 1.82) is 0 Å². The van der Waals surface area contributed by atoms with E-state index in [0.717, 1.165) is 24.3 Å². The minimum Gasteiger partial charge on any atom is -0.396 e. The van der Waals surface area contributed by atoms with Gasteiger partial charge in [-0.3, -0.25) is 0 Å². The molecule has 0 spiro atoms. The predicted octanol–water partition coefficient (Wildman–Crippen LogP) is 5.40. The summed E-state index contributed by atoms with van der Waals surface area (Å²) in [5, 5.41) is 28.5. The summed E-state index contributed by atoms with van der Waals surface area (Å²) >= 11 is 0. The van der Waals surface area contributed by atoms with Crippen LogP contribution in [0.2, 0.25) is 0 Å². The second kappa shape index (κ2) is 10.4. The molecule has 2 fully saturated rings. The van der Waals surface area contributed by atoms with Crippen molar-refractivity contribution < 1.29 is 15.3 Å². The molecule has 3 nitrogen and oxygen atoms in total. The van der Waals surface area contributed by atoms with Crippen LogP contribution in [0.1, 0.15) is 91.9 Å². The van der Waals surface area contributed by atoms with E-state index in [1.54, 1.807) is 5.57 Å². The number of hydrogen-bond donors (Lipinski definition) is 3. The van der Waals surface area contributed by atoms with E-state index in [4.69, 9.17) is 0 Å². The highest BCUT2D eigenvalue weighted by Crippen LogP contribution is 2.59. The van der Waals surface area contributed by atoms with Gasteiger partial charge < -0.3 is 15.3 Å². The maximum absolute atomic E-state index is 10.0. The lowest BCUT2D eigenvalue weighted by atomic mass is 9.60. The largest absolute Gasteiger partial charge is 0.396 e. The standard InChI is InChI=1S/C25H44O3/c1-19(7-5-15-24(2,3)28)22-11-12-23-21(8-6-16-25(22,23)4)10-9-20(13-17-26)14-18-27/h9-10,19,22-23,26-28H,5-8,11-18H2,1-4H3/t19-,22?,23?,25-/m1/s1. The maximum Gasteiger partial charge on any atom is 0.0591 e. The summed E-state index contributed by atoms with van der Waals surface area (Å²) in [5.41, 5.74) is 2.60. The third-order valence-corrected chi connectivity index (χ3v) is 7.57. The summed E-state index contributed by atoms with van der Waals surface area (Å²) in [6, 6.07) is 0. The van der Waals surface area contributed by atoms with Crippen LogP contribution in [-0.4, -0.2) is 34.1 Å². The van der Waals surface area contributed by atoms with Crippen LogP contribution in [0.4, 0.5) is 0 Å². The molecule has 2 aliphatic rings. The summed E-state index contributed by atoms with van der Waals surface area (Å²) in [7, 11) is 0. The Balaban J connectivity index is 2.07. The molecule has 0 heterocycles. The first-order valence-corrected chi connectivity index (χ1v) is 11.5. The van der Waals surface area contributed by atoms with Crippen LogP contribution in [0.15, 0.2) is 23.3 Å². The van der Waals surface area contributed by atoms with Gasteiger partial charge in [0.1, 0.15) is 0 Å². The van der Waals surface area contributed by atoms with Crippen LogP contribution in [0.3, 0.4) is 0 Å². The first kappa shape index (κ1) is 23.6. The number of aliphatic hydroxyl groups excluding tert-OH is 2. The minimum absolute atomic E-state index is 0.153. The van der Waals surface area contributed by atoms with E-state index in [0.29, 0.717) is 30.1 Å². The van der Waals surface area contributed by atoms with Gasteiger partial charge in [-0.1, -0.05) is 50.0 Å². The Kier molecular flexibility index (Phi) is 8.79. The zero-order valence-electron chi connectivity index (χ0n) is 18.7. The van der Waals surface area contributed by atoms with Gasteiger partial charge in [0.05, 0.1) is 5.60 Å². The molecule has 4 atom stereocenters. The quantitative estimate of drug-likeness (QED) is 0.466. The van der Waals surface area contributed by atoms with Gasteiger partial charge in [0.25, 0.3) is 0 Å². The second-order valence-electron chi connectivity index (χ2n) is 10.3. The summed E-state index contributed by atoms with van der Waals surface area (Å²) < 4.78 is 0. The van der Waals surface area contributed by atoms with Crippen molar-refractivity contribution in [1.82, 2.24) is 0 Å². The lowest BCUT2D eigenvalue weighted by Crippen LogP contribution is -2.36. The van der Waals surface area contributed by atoms with Crippen LogP contribution in [-0.2, 0) is 0 Å². The maximum atomic E-state index is 10.0. The minimum atomic E-state index is -0.546. The molecule has 0 amide bonds. The van der Waals surface area contributed by atoms with Gasteiger partial charge in [-0.25, -0.2) is 0 Å². The van der Waals surface area contributed by atoms with E-state index in [1.165, 1.54) is 38.5 Å². The summed E-state index contributed by atoms with van der Waals surface area (Å²) in [4.78, 5) is 0. The molecule has 0 aromatic heterocycles. The third kappa shape index (κ3) is 6.18. The van der Waals surface area contributed by atoms with Crippen LogP contribution < -0.4 is 0 Å². The molecule has 0 bridgehead atoms. The van der Waals surface area contributed by atoms with E-state index in [2.05, 4.69) is 26.0 Å². The van der Waals surface area contributed by atoms with Crippen molar-refractivity contribution in [2.24, 2.45) is 23.2 Å². The molecular formula is C25H44O3. The Labute approximate surface area is 172 Å². The lowest BCUT2D eigenvalue weighted by Gasteiger charge is -2.44. The fourth-order valence-corrected chi connectivity index (χ4v) is 6.08. The smallest absolute Gasteiger partial charge is 0.0591 e. The molecule has 0 aromatic rings.